The monoisotopic (exact) mass is 237 g/mol. The fraction of sp³-hybridized carbons (Fsp3) is 0.231. The molecule has 0 unspecified atom stereocenters. The fourth-order valence-electron chi connectivity index (χ4n) is 2.27. The van der Waals surface area contributed by atoms with Gasteiger partial charge >= 0.3 is 0 Å². The van der Waals surface area contributed by atoms with Crippen LogP contribution in [0.4, 0.5) is 0 Å². The lowest BCUT2D eigenvalue weighted by Gasteiger charge is -2.01. The maximum Gasteiger partial charge on any atom is 0.143 e. The molecule has 3 aromatic rings. The minimum atomic E-state index is 0.741. The van der Waals surface area contributed by atoms with Gasteiger partial charge in [0.15, 0.2) is 0 Å². The van der Waals surface area contributed by atoms with E-state index < -0.39 is 0 Å². The van der Waals surface area contributed by atoms with Crippen LogP contribution in [0.5, 0.6) is 0 Å². The molecule has 0 aliphatic heterocycles. The zero-order valence-corrected chi connectivity index (χ0v) is 10.6. The summed E-state index contributed by atoms with van der Waals surface area (Å²) in [6, 6.07) is 3.93. The Bertz CT molecular complexity index is 723. The summed E-state index contributed by atoms with van der Waals surface area (Å²) >= 11 is 0. The highest BCUT2D eigenvalue weighted by molar-refractivity contribution is 6.38. The third-order valence-electron chi connectivity index (χ3n) is 3.14. The molecule has 5 heteroatoms. The van der Waals surface area contributed by atoms with E-state index in [1.807, 2.05) is 43.8 Å². The lowest BCUT2D eigenvalue weighted by atomic mass is 9.96. The lowest BCUT2D eigenvalue weighted by Crippen LogP contribution is -1.97. The standard InChI is InChI=1S/C13H12BN3O/c1-7-12(8(2)18-16-7)11-5-4-9-10(14)6-17(3)13(9)15-11/h4-6H,1-3H3. The van der Waals surface area contributed by atoms with E-state index in [1.165, 1.54) is 0 Å². The number of rotatable bonds is 1. The summed E-state index contributed by atoms with van der Waals surface area (Å²) in [7, 11) is 7.85. The Morgan fingerprint density at radius 1 is 1.28 bits per heavy atom. The molecule has 3 heterocycles. The van der Waals surface area contributed by atoms with Gasteiger partial charge in [0.25, 0.3) is 0 Å². The first-order valence-electron chi connectivity index (χ1n) is 5.72. The van der Waals surface area contributed by atoms with E-state index >= 15 is 0 Å². The number of hydrogen-bond acceptors (Lipinski definition) is 3. The number of hydrogen-bond donors (Lipinski definition) is 0. The second kappa shape index (κ2) is 3.73. The molecule has 0 bridgehead atoms. The summed E-state index contributed by atoms with van der Waals surface area (Å²) in [6.45, 7) is 3.80. The molecule has 0 saturated carbocycles. The molecule has 0 spiro atoms. The van der Waals surface area contributed by atoms with Gasteiger partial charge in [0.05, 0.1) is 17.0 Å². The third-order valence-corrected chi connectivity index (χ3v) is 3.14. The van der Waals surface area contributed by atoms with Crippen molar-refractivity contribution in [2.45, 2.75) is 13.8 Å². The summed E-state index contributed by atoms with van der Waals surface area (Å²) in [5.74, 6) is 0.779. The quantitative estimate of drug-likeness (QED) is 0.604. The van der Waals surface area contributed by atoms with Gasteiger partial charge in [-0.2, -0.15) is 0 Å². The molecule has 0 aromatic carbocycles. The molecule has 88 valence electrons. The van der Waals surface area contributed by atoms with Gasteiger partial charge in [0.2, 0.25) is 0 Å². The minimum Gasteiger partial charge on any atom is -0.361 e. The van der Waals surface area contributed by atoms with Crippen LogP contribution in [0.1, 0.15) is 11.5 Å². The Kier molecular flexibility index (Phi) is 2.30. The Balaban J connectivity index is 2.29. The first-order valence-corrected chi connectivity index (χ1v) is 5.72. The second-order valence-electron chi connectivity index (χ2n) is 4.46. The predicted molar refractivity (Wildman–Crippen MR) is 71.1 cm³/mol. The highest BCUT2D eigenvalue weighted by Crippen LogP contribution is 2.26. The third kappa shape index (κ3) is 1.47. The number of pyridine rings is 1. The molecule has 3 rings (SSSR count). The van der Waals surface area contributed by atoms with E-state index in [1.54, 1.807) is 0 Å². The van der Waals surface area contributed by atoms with E-state index in [-0.39, 0.29) is 0 Å². The van der Waals surface area contributed by atoms with Crippen LogP contribution < -0.4 is 5.46 Å². The Morgan fingerprint density at radius 3 is 2.72 bits per heavy atom. The minimum absolute atomic E-state index is 0.741. The molecular weight excluding hydrogens is 225 g/mol. The zero-order valence-electron chi connectivity index (χ0n) is 10.6. The summed E-state index contributed by atoms with van der Waals surface area (Å²) < 4.78 is 7.10. The van der Waals surface area contributed by atoms with E-state index in [0.29, 0.717) is 0 Å². The molecule has 0 fully saturated rings. The van der Waals surface area contributed by atoms with Crippen LogP contribution in [0.15, 0.2) is 22.9 Å². The molecule has 0 aliphatic carbocycles. The molecule has 18 heavy (non-hydrogen) atoms. The van der Waals surface area contributed by atoms with Crippen molar-refractivity contribution in [1.82, 2.24) is 14.7 Å². The van der Waals surface area contributed by atoms with Crippen molar-refractivity contribution >= 4 is 24.3 Å². The van der Waals surface area contributed by atoms with Crippen molar-refractivity contribution in [2.24, 2.45) is 7.05 Å². The molecule has 0 atom stereocenters. The molecule has 0 amide bonds. The SMILES string of the molecule is [B]c1cn(C)c2nc(-c3c(C)noc3C)ccc12. The van der Waals surface area contributed by atoms with Crippen molar-refractivity contribution in [3.05, 3.63) is 29.8 Å². The molecule has 0 saturated heterocycles. The highest BCUT2D eigenvalue weighted by Gasteiger charge is 2.14. The summed E-state index contributed by atoms with van der Waals surface area (Å²) in [5.41, 5.74) is 4.27. The van der Waals surface area contributed by atoms with Gasteiger partial charge in [0, 0.05) is 12.4 Å². The van der Waals surface area contributed by atoms with Crippen molar-refractivity contribution in [3.63, 3.8) is 0 Å². The van der Waals surface area contributed by atoms with E-state index in [4.69, 9.17) is 12.4 Å². The molecule has 0 N–H and O–H groups in total. The zero-order chi connectivity index (χ0) is 12.9. The van der Waals surface area contributed by atoms with Crippen molar-refractivity contribution in [1.29, 1.82) is 0 Å². The van der Waals surface area contributed by atoms with Crippen LogP contribution >= 0.6 is 0 Å². The number of aryl methyl sites for hydroxylation is 3. The van der Waals surface area contributed by atoms with E-state index in [2.05, 4.69) is 10.1 Å². The van der Waals surface area contributed by atoms with E-state index in [9.17, 15) is 0 Å². The first kappa shape index (κ1) is 11.1. The van der Waals surface area contributed by atoms with Crippen LogP contribution in [-0.2, 0) is 7.05 Å². The van der Waals surface area contributed by atoms with Gasteiger partial charge in [-0.1, -0.05) is 10.6 Å². The lowest BCUT2D eigenvalue weighted by molar-refractivity contribution is 0.393. The molecule has 3 aromatic heterocycles. The van der Waals surface area contributed by atoms with Gasteiger partial charge in [-0.25, -0.2) is 4.98 Å². The van der Waals surface area contributed by atoms with Crippen molar-refractivity contribution < 1.29 is 4.52 Å². The molecule has 0 aliphatic rings. The molecular formula is C13H12BN3O. The maximum absolute atomic E-state index is 5.91. The van der Waals surface area contributed by atoms with Crippen molar-refractivity contribution in [2.75, 3.05) is 0 Å². The van der Waals surface area contributed by atoms with Gasteiger partial charge in [-0.3, -0.25) is 0 Å². The van der Waals surface area contributed by atoms with Gasteiger partial charge in [-0.05, 0) is 32.2 Å². The number of fused-ring (bicyclic) bond motifs is 1. The first-order chi connectivity index (χ1) is 8.58. The van der Waals surface area contributed by atoms with Gasteiger partial charge in [0.1, 0.15) is 19.3 Å². The Hall–Kier alpha value is -2.04. The van der Waals surface area contributed by atoms with Crippen LogP contribution in [0, 0.1) is 13.8 Å². The van der Waals surface area contributed by atoms with Crippen LogP contribution in [0.25, 0.3) is 22.3 Å². The average molecular weight is 237 g/mol. The van der Waals surface area contributed by atoms with Crippen molar-refractivity contribution in [3.8, 4) is 11.3 Å². The maximum atomic E-state index is 5.91. The number of nitrogens with zero attached hydrogens (tertiary/aromatic N) is 3. The largest absolute Gasteiger partial charge is 0.361 e. The average Bonchev–Trinajstić information content (AvgIpc) is 2.81. The topological polar surface area (TPSA) is 43.9 Å². The fourth-order valence-corrected chi connectivity index (χ4v) is 2.27. The van der Waals surface area contributed by atoms with Crippen LogP contribution in [0.2, 0.25) is 0 Å². The van der Waals surface area contributed by atoms with Crippen LogP contribution in [0.3, 0.4) is 0 Å². The molecule has 4 nitrogen and oxygen atoms in total. The summed E-state index contributed by atoms with van der Waals surface area (Å²) in [5, 5.41) is 4.92. The smallest absolute Gasteiger partial charge is 0.143 e. The second-order valence-corrected chi connectivity index (χ2v) is 4.46. The molecule has 2 radical (unpaired) electrons. The predicted octanol–water partition coefficient (Wildman–Crippen LogP) is 1.64. The normalized spacial score (nSPS) is 11.3. The van der Waals surface area contributed by atoms with E-state index in [0.717, 1.165) is 39.2 Å². The number of aromatic nitrogens is 3. The Labute approximate surface area is 106 Å². The van der Waals surface area contributed by atoms with Gasteiger partial charge in [-0.15, -0.1) is 0 Å². The highest BCUT2D eigenvalue weighted by atomic mass is 16.5. The van der Waals surface area contributed by atoms with Crippen LogP contribution in [-0.4, -0.2) is 22.6 Å². The Morgan fingerprint density at radius 2 is 2.06 bits per heavy atom. The summed E-state index contributed by atoms with van der Waals surface area (Å²) in [4.78, 5) is 4.64. The van der Waals surface area contributed by atoms with Gasteiger partial charge < -0.3 is 9.09 Å². The summed E-state index contributed by atoms with van der Waals surface area (Å²) in [6.07, 6.45) is 1.87.